The topological polar surface area (TPSA) is 153 Å². The van der Waals surface area contributed by atoms with Gasteiger partial charge in [0.25, 0.3) is 0 Å². The molecule has 260 valence electrons. The van der Waals surface area contributed by atoms with Gasteiger partial charge in [0.2, 0.25) is 0 Å². The zero-order valence-electron chi connectivity index (χ0n) is 28.0. The number of aliphatic hydroxyl groups excluding tert-OH is 2. The first-order valence-electron chi connectivity index (χ1n) is 16.8. The van der Waals surface area contributed by atoms with Gasteiger partial charge < -0.3 is 48.6 Å². The molecule has 7 rings (SSSR count). The molecule has 5 saturated carbocycles. The molecule has 47 heavy (non-hydrogen) atoms. The van der Waals surface area contributed by atoms with Crippen LogP contribution in [0.2, 0.25) is 0 Å². The Morgan fingerprint density at radius 3 is 2.30 bits per heavy atom. The number of hydrogen-bond donors (Lipinski definition) is 3. The number of benzene rings is 1. The van der Waals surface area contributed by atoms with Crippen LogP contribution in [0.15, 0.2) is 30.3 Å². The third-order valence-corrected chi connectivity index (χ3v) is 13.5. The summed E-state index contributed by atoms with van der Waals surface area (Å²) in [5.74, 6) is -3.86. The standard InChI is InChI=1S/C35H49NO11/c1-7-36-15-21-24-26(44-5)27-32(16-36,17-42-3)22(38)13-23(43-4)34(21,27)20-14-33(41)29(46-31(40)19-11-9-8-10-12-19)25(20)35(24,47-18(2)37)28(39)30(33)45-6/h8-12,20-30,38-39,41H,7,13-17H2,1-6H3/t20-,21?,22-,23+,24-,25-,26+,27-,28+,29-,30+,32+,33-,34+,35+/m1/s1. The summed E-state index contributed by atoms with van der Waals surface area (Å²) in [5, 5.41) is 37.5. The zero-order chi connectivity index (χ0) is 33.7. The van der Waals surface area contributed by atoms with Crippen LogP contribution in [0.25, 0.3) is 0 Å². The lowest BCUT2D eigenvalue weighted by Gasteiger charge is -2.64. The van der Waals surface area contributed by atoms with E-state index in [-0.39, 0.29) is 24.9 Å². The van der Waals surface area contributed by atoms with Gasteiger partial charge in [0, 0.05) is 83.5 Å². The summed E-state index contributed by atoms with van der Waals surface area (Å²) < 4.78 is 37.6. The van der Waals surface area contributed by atoms with Crippen LogP contribution >= 0.6 is 0 Å². The summed E-state index contributed by atoms with van der Waals surface area (Å²) >= 11 is 0. The number of methoxy groups -OCH3 is 4. The number of carbonyl (C=O) groups is 2. The van der Waals surface area contributed by atoms with Crippen molar-refractivity contribution in [3.8, 4) is 0 Å². The summed E-state index contributed by atoms with van der Waals surface area (Å²) in [6.07, 6.45) is -5.45. The number of rotatable bonds is 9. The van der Waals surface area contributed by atoms with Crippen LogP contribution in [0.4, 0.5) is 0 Å². The van der Waals surface area contributed by atoms with Crippen molar-refractivity contribution in [2.45, 2.75) is 74.5 Å². The molecular weight excluding hydrogens is 610 g/mol. The first-order valence-corrected chi connectivity index (χ1v) is 16.8. The van der Waals surface area contributed by atoms with Gasteiger partial charge in [-0.15, -0.1) is 0 Å². The third kappa shape index (κ3) is 3.98. The highest BCUT2D eigenvalue weighted by Crippen LogP contribution is 2.81. The smallest absolute Gasteiger partial charge is 0.338 e. The van der Waals surface area contributed by atoms with Crippen LogP contribution in [-0.2, 0) is 33.2 Å². The van der Waals surface area contributed by atoms with Gasteiger partial charge in [0.1, 0.15) is 23.9 Å². The second-order valence-electron chi connectivity index (χ2n) is 14.8. The molecule has 1 heterocycles. The van der Waals surface area contributed by atoms with Crippen LogP contribution in [0.3, 0.4) is 0 Å². The molecule has 15 atom stereocenters. The maximum atomic E-state index is 13.8. The highest BCUT2D eigenvalue weighted by molar-refractivity contribution is 5.89. The van der Waals surface area contributed by atoms with Gasteiger partial charge >= 0.3 is 11.9 Å². The summed E-state index contributed by atoms with van der Waals surface area (Å²) in [4.78, 5) is 29.4. The molecule has 1 aliphatic heterocycles. The number of carbonyl (C=O) groups excluding carboxylic acids is 2. The van der Waals surface area contributed by atoms with E-state index < -0.39 is 88.3 Å². The summed E-state index contributed by atoms with van der Waals surface area (Å²) in [7, 11) is 6.31. The number of esters is 2. The van der Waals surface area contributed by atoms with Crippen molar-refractivity contribution in [2.75, 3.05) is 54.7 Å². The highest BCUT2D eigenvalue weighted by atomic mass is 16.6. The lowest BCUT2D eigenvalue weighted by atomic mass is 9.43. The Labute approximate surface area is 275 Å². The van der Waals surface area contributed by atoms with E-state index in [4.69, 9.17) is 28.4 Å². The van der Waals surface area contributed by atoms with E-state index in [9.17, 15) is 24.9 Å². The molecule has 5 aliphatic carbocycles. The molecule has 0 aromatic heterocycles. The lowest BCUT2D eigenvalue weighted by Crippen LogP contribution is -2.77. The monoisotopic (exact) mass is 659 g/mol. The molecule has 1 aromatic rings. The van der Waals surface area contributed by atoms with Gasteiger partial charge in [-0.3, -0.25) is 4.79 Å². The fourth-order valence-corrected chi connectivity index (χ4v) is 12.5. The van der Waals surface area contributed by atoms with Gasteiger partial charge in [-0.05, 0) is 36.9 Å². The molecule has 6 aliphatic rings. The number of fused-ring (bicyclic) bond motifs is 2. The van der Waals surface area contributed by atoms with E-state index >= 15 is 0 Å². The Kier molecular flexibility index (Phi) is 8.12. The molecule has 1 spiro atoms. The third-order valence-electron chi connectivity index (χ3n) is 13.5. The van der Waals surface area contributed by atoms with E-state index in [1.54, 1.807) is 51.7 Å². The Morgan fingerprint density at radius 1 is 0.979 bits per heavy atom. The van der Waals surface area contributed by atoms with Crippen LogP contribution in [0, 0.1) is 40.4 Å². The second kappa shape index (κ2) is 11.4. The second-order valence-corrected chi connectivity index (χ2v) is 14.8. The van der Waals surface area contributed by atoms with E-state index in [0.717, 1.165) is 0 Å². The number of aliphatic hydroxyl groups is 3. The molecule has 12 heteroatoms. The molecule has 0 amide bonds. The van der Waals surface area contributed by atoms with Crippen molar-refractivity contribution >= 4 is 11.9 Å². The van der Waals surface area contributed by atoms with Crippen molar-refractivity contribution in [3.05, 3.63) is 35.9 Å². The molecular formula is C35H49NO11. The van der Waals surface area contributed by atoms with E-state index in [2.05, 4.69) is 11.8 Å². The SMILES string of the molecule is CCN1CC2[C@@H]3[C@H](OC)[C@@H]4[C@](COC)(C1)[C@H](O)C[C@H](OC)[C@]24[C@@H]1C[C@@]2(O)[C@H](OC(=O)c4ccccc4)[C@@H]1[C@]3(OC(C)=O)[C@@H](O)[C@@H]2OC. The molecule has 0 radical (unpaired) electrons. The molecule has 6 fully saturated rings. The Bertz CT molecular complexity index is 1380. The van der Waals surface area contributed by atoms with E-state index in [1.165, 1.54) is 14.0 Å². The van der Waals surface area contributed by atoms with Crippen molar-refractivity contribution in [1.82, 2.24) is 4.90 Å². The fourth-order valence-electron chi connectivity index (χ4n) is 12.5. The normalized spacial score (nSPS) is 49.3. The number of likely N-dealkylation sites (tertiary alicyclic amines) is 1. The van der Waals surface area contributed by atoms with Crippen molar-refractivity contribution < 1.29 is 53.3 Å². The van der Waals surface area contributed by atoms with E-state index in [0.29, 0.717) is 31.6 Å². The van der Waals surface area contributed by atoms with Crippen molar-refractivity contribution in [3.63, 3.8) is 0 Å². The van der Waals surface area contributed by atoms with Gasteiger partial charge in [-0.1, -0.05) is 25.1 Å². The summed E-state index contributed by atoms with van der Waals surface area (Å²) in [5.41, 5.74) is -4.76. The molecule has 1 saturated heterocycles. The minimum atomic E-state index is -1.83. The number of ether oxygens (including phenoxy) is 6. The van der Waals surface area contributed by atoms with Gasteiger partial charge in [-0.2, -0.15) is 0 Å². The van der Waals surface area contributed by atoms with Gasteiger partial charge in [0.05, 0.1) is 30.5 Å². The molecule has 3 N–H and O–H groups in total. The average Bonchev–Trinajstić information content (AvgIpc) is 3.42. The predicted molar refractivity (Wildman–Crippen MR) is 165 cm³/mol. The van der Waals surface area contributed by atoms with Crippen LogP contribution in [0.5, 0.6) is 0 Å². The molecule has 12 nitrogen and oxygen atoms in total. The quantitative estimate of drug-likeness (QED) is 0.323. The molecule has 1 unspecified atom stereocenters. The lowest BCUT2D eigenvalue weighted by molar-refractivity contribution is -0.312. The maximum absolute atomic E-state index is 13.8. The first-order chi connectivity index (χ1) is 22.5. The Hall–Kier alpha value is -2.16. The largest absolute Gasteiger partial charge is 0.455 e. The molecule has 1 aromatic carbocycles. The number of nitrogens with zero attached hydrogens (tertiary/aromatic N) is 1. The van der Waals surface area contributed by atoms with Gasteiger partial charge in [-0.25, -0.2) is 4.79 Å². The summed E-state index contributed by atoms with van der Waals surface area (Å²) in [6.45, 7) is 5.42. The van der Waals surface area contributed by atoms with Crippen molar-refractivity contribution in [2.24, 2.45) is 40.4 Å². The predicted octanol–water partition coefficient (Wildman–Crippen LogP) is 0.896. The number of hydrogen-bond acceptors (Lipinski definition) is 12. The average molecular weight is 660 g/mol. The molecule has 7 bridgehead atoms. The minimum absolute atomic E-state index is 0.0876. The van der Waals surface area contributed by atoms with Crippen molar-refractivity contribution in [1.29, 1.82) is 0 Å². The van der Waals surface area contributed by atoms with Crippen LogP contribution in [-0.4, -0.2) is 135 Å². The minimum Gasteiger partial charge on any atom is -0.455 e. The van der Waals surface area contributed by atoms with E-state index in [1.807, 2.05) is 0 Å². The fraction of sp³-hybridized carbons (Fsp3) is 0.771. The summed E-state index contributed by atoms with van der Waals surface area (Å²) in [6, 6.07) is 8.54. The maximum Gasteiger partial charge on any atom is 0.338 e. The van der Waals surface area contributed by atoms with Crippen LogP contribution < -0.4 is 0 Å². The Morgan fingerprint density at radius 2 is 1.70 bits per heavy atom. The zero-order valence-corrected chi connectivity index (χ0v) is 28.0. The Balaban J connectivity index is 1.53. The first kappa shape index (κ1) is 33.3. The highest BCUT2D eigenvalue weighted by Gasteiger charge is 2.91. The van der Waals surface area contributed by atoms with Crippen LogP contribution in [0.1, 0.15) is 37.0 Å². The van der Waals surface area contributed by atoms with Gasteiger partial charge in [0.15, 0.2) is 5.60 Å².